The van der Waals surface area contributed by atoms with Gasteiger partial charge in [0.2, 0.25) is 0 Å². The molecular weight excluding hydrogens is 248 g/mol. The van der Waals surface area contributed by atoms with Crippen molar-refractivity contribution < 1.29 is 14.7 Å². The molecule has 0 saturated carbocycles. The van der Waals surface area contributed by atoms with Crippen LogP contribution >= 0.6 is 0 Å². The lowest BCUT2D eigenvalue weighted by atomic mass is 10.2. The average Bonchev–Trinajstić information content (AvgIpc) is 2.87. The summed E-state index contributed by atoms with van der Waals surface area (Å²) in [4.78, 5) is 31.7. The largest absolute Gasteiger partial charge is 0.476 e. The highest BCUT2D eigenvalue weighted by molar-refractivity contribution is 5.93. The van der Waals surface area contributed by atoms with Gasteiger partial charge in [-0.1, -0.05) is 0 Å². The van der Waals surface area contributed by atoms with E-state index < -0.39 is 5.97 Å². The van der Waals surface area contributed by atoms with Gasteiger partial charge in [-0.25, -0.2) is 14.8 Å². The minimum absolute atomic E-state index is 0.0600. The standard InChI is InChI=1S/C12H12N4O3/c1-15(2)11(17)8-3-4-10(13-5-8)16-6-9(12(18)19)14-7-16/h3-7H,1-2H3,(H,18,19). The molecule has 0 aliphatic heterocycles. The Morgan fingerprint density at radius 1 is 1.26 bits per heavy atom. The molecule has 0 atom stereocenters. The number of carbonyl (C=O) groups is 2. The maximum Gasteiger partial charge on any atom is 0.356 e. The number of amides is 1. The summed E-state index contributed by atoms with van der Waals surface area (Å²) in [5.74, 6) is -0.746. The van der Waals surface area contributed by atoms with Gasteiger partial charge < -0.3 is 10.0 Å². The molecule has 2 aromatic heterocycles. The third kappa shape index (κ3) is 2.59. The van der Waals surface area contributed by atoms with E-state index in [1.807, 2.05) is 0 Å². The SMILES string of the molecule is CN(C)C(=O)c1ccc(-n2cnc(C(=O)O)c2)nc1. The number of aromatic carboxylic acids is 1. The number of carbonyl (C=O) groups excluding carboxylic acids is 1. The molecule has 1 N–H and O–H groups in total. The number of rotatable bonds is 3. The molecule has 19 heavy (non-hydrogen) atoms. The van der Waals surface area contributed by atoms with Crippen LogP contribution in [0.5, 0.6) is 0 Å². The molecule has 0 unspecified atom stereocenters. The molecule has 0 spiro atoms. The highest BCUT2D eigenvalue weighted by atomic mass is 16.4. The van der Waals surface area contributed by atoms with Crippen LogP contribution < -0.4 is 0 Å². The van der Waals surface area contributed by atoms with E-state index in [4.69, 9.17) is 5.11 Å². The number of imidazole rings is 1. The van der Waals surface area contributed by atoms with Crippen LogP contribution in [0.4, 0.5) is 0 Å². The molecule has 2 heterocycles. The first kappa shape index (κ1) is 12.7. The molecule has 0 bridgehead atoms. The molecule has 0 fully saturated rings. The summed E-state index contributed by atoms with van der Waals surface area (Å²) in [7, 11) is 3.32. The summed E-state index contributed by atoms with van der Waals surface area (Å²) in [6.07, 6.45) is 4.16. The molecule has 0 saturated heterocycles. The van der Waals surface area contributed by atoms with Gasteiger partial charge in [-0.05, 0) is 12.1 Å². The lowest BCUT2D eigenvalue weighted by Crippen LogP contribution is -2.21. The molecule has 2 rings (SSSR count). The van der Waals surface area contributed by atoms with Gasteiger partial charge in [-0.3, -0.25) is 9.36 Å². The van der Waals surface area contributed by atoms with Crippen molar-refractivity contribution >= 4 is 11.9 Å². The number of pyridine rings is 1. The fraction of sp³-hybridized carbons (Fsp3) is 0.167. The van der Waals surface area contributed by atoms with E-state index in [9.17, 15) is 9.59 Å². The second-order valence-electron chi connectivity index (χ2n) is 4.08. The Bertz CT molecular complexity index is 616. The van der Waals surface area contributed by atoms with Crippen LogP contribution in [-0.4, -0.2) is 50.5 Å². The van der Waals surface area contributed by atoms with Crippen LogP contribution in [-0.2, 0) is 0 Å². The van der Waals surface area contributed by atoms with Crippen molar-refractivity contribution in [2.45, 2.75) is 0 Å². The zero-order valence-corrected chi connectivity index (χ0v) is 10.4. The van der Waals surface area contributed by atoms with Crippen LogP contribution in [0.25, 0.3) is 5.82 Å². The third-order valence-corrected chi connectivity index (χ3v) is 2.47. The van der Waals surface area contributed by atoms with Crippen molar-refractivity contribution in [2.24, 2.45) is 0 Å². The maximum atomic E-state index is 11.7. The molecule has 0 aliphatic carbocycles. The van der Waals surface area contributed by atoms with Crippen LogP contribution in [0.15, 0.2) is 30.9 Å². The molecule has 0 aromatic carbocycles. The molecule has 0 radical (unpaired) electrons. The Kier molecular flexibility index (Phi) is 3.28. The van der Waals surface area contributed by atoms with Gasteiger partial charge in [0.25, 0.3) is 5.91 Å². The Labute approximate surface area is 109 Å². The first-order valence-electron chi connectivity index (χ1n) is 5.44. The van der Waals surface area contributed by atoms with Gasteiger partial charge in [0, 0.05) is 26.5 Å². The van der Waals surface area contributed by atoms with E-state index in [0.29, 0.717) is 11.4 Å². The summed E-state index contributed by atoms with van der Waals surface area (Å²) in [6.45, 7) is 0. The van der Waals surface area contributed by atoms with Crippen molar-refractivity contribution in [2.75, 3.05) is 14.1 Å². The maximum absolute atomic E-state index is 11.7. The predicted octanol–water partition coefficient (Wildman–Crippen LogP) is 0.667. The summed E-state index contributed by atoms with van der Waals surface area (Å²) in [5, 5.41) is 8.78. The average molecular weight is 260 g/mol. The minimum atomic E-state index is -1.10. The highest BCUT2D eigenvalue weighted by Gasteiger charge is 2.10. The number of carboxylic acid groups (broad SMARTS) is 1. The van der Waals surface area contributed by atoms with Crippen molar-refractivity contribution in [3.63, 3.8) is 0 Å². The summed E-state index contributed by atoms with van der Waals surface area (Å²) in [5.41, 5.74) is 0.405. The van der Waals surface area contributed by atoms with Gasteiger partial charge in [-0.2, -0.15) is 0 Å². The molecule has 7 heteroatoms. The fourth-order valence-corrected chi connectivity index (χ4v) is 1.48. The zero-order chi connectivity index (χ0) is 14.0. The number of carboxylic acids is 1. The Balaban J connectivity index is 2.27. The Hall–Kier alpha value is -2.70. The van der Waals surface area contributed by atoms with Crippen LogP contribution in [0.3, 0.4) is 0 Å². The van der Waals surface area contributed by atoms with Crippen LogP contribution in [0.1, 0.15) is 20.8 Å². The Morgan fingerprint density at radius 2 is 2.00 bits per heavy atom. The third-order valence-electron chi connectivity index (χ3n) is 2.47. The lowest BCUT2D eigenvalue weighted by Gasteiger charge is -2.10. The van der Waals surface area contributed by atoms with E-state index in [2.05, 4.69) is 9.97 Å². The second-order valence-corrected chi connectivity index (χ2v) is 4.08. The molecule has 98 valence electrons. The monoisotopic (exact) mass is 260 g/mol. The van der Waals surface area contributed by atoms with E-state index in [0.717, 1.165) is 0 Å². The molecule has 2 aromatic rings. The number of hydrogen-bond acceptors (Lipinski definition) is 4. The van der Waals surface area contributed by atoms with Gasteiger partial charge >= 0.3 is 5.97 Å². The van der Waals surface area contributed by atoms with E-state index >= 15 is 0 Å². The van der Waals surface area contributed by atoms with E-state index in [-0.39, 0.29) is 11.6 Å². The normalized spacial score (nSPS) is 10.2. The lowest BCUT2D eigenvalue weighted by molar-refractivity contribution is 0.0690. The van der Waals surface area contributed by atoms with Gasteiger partial charge in [-0.15, -0.1) is 0 Å². The summed E-state index contributed by atoms with van der Waals surface area (Å²) < 4.78 is 1.48. The first-order chi connectivity index (χ1) is 8.99. The molecule has 7 nitrogen and oxygen atoms in total. The fourth-order valence-electron chi connectivity index (χ4n) is 1.48. The highest BCUT2D eigenvalue weighted by Crippen LogP contribution is 2.08. The molecular formula is C12H12N4O3. The number of nitrogens with zero attached hydrogens (tertiary/aromatic N) is 4. The number of hydrogen-bond donors (Lipinski definition) is 1. The summed E-state index contributed by atoms with van der Waals surface area (Å²) in [6, 6.07) is 3.26. The number of aromatic nitrogens is 3. The van der Waals surface area contributed by atoms with Gasteiger partial charge in [0.15, 0.2) is 5.69 Å². The van der Waals surface area contributed by atoms with Crippen LogP contribution in [0.2, 0.25) is 0 Å². The smallest absolute Gasteiger partial charge is 0.356 e. The minimum Gasteiger partial charge on any atom is -0.476 e. The van der Waals surface area contributed by atoms with E-state index in [1.54, 1.807) is 26.2 Å². The van der Waals surface area contributed by atoms with Crippen LogP contribution in [0, 0.1) is 0 Å². The van der Waals surface area contributed by atoms with Crippen molar-refractivity contribution in [1.82, 2.24) is 19.4 Å². The zero-order valence-electron chi connectivity index (χ0n) is 10.4. The quantitative estimate of drug-likeness (QED) is 0.876. The second kappa shape index (κ2) is 4.89. The van der Waals surface area contributed by atoms with Crippen molar-refractivity contribution in [3.8, 4) is 5.82 Å². The first-order valence-corrected chi connectivity index (χ1v) is 5.44. The van der Waals surface area contributed by atoms with Gasteiger partial charge in [0.05, 0.1) is 5.56 Å². The van der Waals surface area contributed by atoms with Crippen molar-refractivity contribution in [3.05, 3.63) is 42.1 Å². The summed E-state index contributed by atoms with van der Waals surface area (Å²) >= 11 is 0. The molecule has 1 amide bonds. The molecule has 0 aliphatic rings. The predicted molar refractivity (Wildman–Crippen MR) is 66.3 cm³/mol. The topological polar surface area (TPSA) is 88.3 Å². The van der Waals surface area contributed by atoms with E-state index in [1.165, 1.54) is 28.2 Å². The van der Waals surface area contributed by atoms with Crippen molar-refractivity contribution in [1.29, 1.82) is 0 Å². The van der Waals surface area contributed by atoms with Gasteiger partial charge in [0.1, 0.15) is 12.1 Å². The Morgan fingerprint density at radius 3 is 2.47 bits per heavy atom.